The van der Waals surface area contributed by atoms with Crippen LogP contribution < -0.4 is 0 Å². The van der Waals surface area contributed by atoms with Gasteiger partial charge in [-0.15, -0.1) is 0 Å². The Balaban J connectivity index is 2.01. The number of carbonyl (C=O) groups excluding carboxylic acids is 1. The molecule has 0 aliphatic carbocycles. The summed E-state index contributed by atoms with van der Waals surface area (Å²) in [4.78, 5) is 17.9. The maximum absolute atomic E-state index is 11.6. The Bertz CT molecular complexity index is 679. The third-order valence-corrected chi connectivity index (χ3v) is 3.50. The zero-order valence-corrected chi connectivity index (χ0v) is 14.6. The molecule has 0 spiro atoms. The molecule has 2 aromatic rings. The topological polar surface area (TPSA) is 68.7 Å². The van der Waals surface area contributed by atoms with E-state index in [-0.39, 0.29) is 11.4 Å². The van der Waals surface area contributed by atoms with Gasteiger partial charge in [-0.1, -0.05) is 20.8 Å². The maximum atomic E-state index is 11.6. The molecule has 23 heavy (non-hydrogen) atoms. The third kappa shape index (κ3) is 4.22. The maximum Gasteiger partial charge on any atom is 0.341 e. The molecule has 0 unspecified atom stereocenters. The highest BCUT2D eigenvalue weighted by atomic mass is 16.5. The molecule has 0 radical (unpaired) electrons. The lowest BCUT2D eigenvalue weighted by Crippen LogP contribution is -2.17. The molecule has 2 heterocycles. The van der Waals surface area contributed by atoms with Crippen molar-refractivity contribution in [2.45, 2.75) is 46.2 Å². The number of oxazole rings is 1. The van der Waals surface area contributed by atoms with Crippen LogP contribution in [0.2, 0.25) is 0 Å². The number of carbonyl (C=O) groups is 1. The Labute approximate surface area is 136 Å². The summed E-state index contributed by atoms with van der Waals surface area (Å²) in [6.45, 7) is 9.11. The van der Waals surface area contributed by atoms with Crippen LogP contribution in [0.1, 0.15) is 54.3 Å². The molecule has 0 N–H and O–H groups in total. The van der Waals surface area contributed by atoms with Crippen LogP contribution in [-0.2, 0) is 23.2 Å². The fourth-order valence-electron chi connectivity index (χ4n) is 2.22. The predicted octanol–water partition coefficient (Wildman–Crippen LogP) is 3.29. The van der Waals surface area contributed by atoms with Gasteiger partial charge in [0.15, 0.2) is 0 Å². The van der Waals surface area contributed by atoms with E-state index >= 15 is 0 Å². The lowest BCUT2D eigenvalue weighted by atomic mass is 9.94. The Kier molecular flexibility index (Phi) is 4.94. The van der Waals surface area contributed by atoms with Gasteiger partial charge in [0.25, 0.3) is 0 Å². The summed E-state index contributed by atoms with van der Waals surface area (Å²) in [5.74, 6) is 2.40. The second-order valence-corrected chi connectivity index (χ2v) is 6.71. The summed E-state index contributed by atoms with van der Waals surface area (Å²) in [6, 6.07) is 1.72. The first-order valence-corrected chi connectivity index (χ1v) is 7.52. The number of furan rings is 1. The minimum absolute atomic E-state index is 0.0582. The number of hydrogen-bond acceptors (Lipinski definition) is 6. The third-order valence-electron chi connectivity index (χ3n) is 3.50. The Hall–Kier alpha value is -2.08. The van der Waals surface area contributed by atoms with Gasteiger partial charge in [-0.05, 0) is 20.0 Å². The van der Waals surface area contributed by atoms with Crippen molar-refractivity contribution in [3.63, 3.8) is 0 Å². The Morgan fingerprint density at radius 3 is 2.57 bits per heavy atom. The Morgan fingerprint density at radius 2 is 2.00 bits per heavy atom. The quantitative estimate of drug-likeness (QED) is 0.787. The van der Waals surface area contributed by atoms with Crippen molar-refractivity contribution in [2.24, 2.45) is 0 Å². The largest absolute Gasteiger partial charge is 0.465 e. The number of ether oxygens (including phenoxy) is 1. The van der Waals surface area contributed by atoms with E-state index in [2.05, 4.69) is 25.8 Å². The molecule has 0 atom stereocenters. The van der Waals surface area contributed by atoms with Gasteiger partial charge in [-0.3, -0.25) is 4.90 Å². The number of aromatic nitrogens is 1. The number of rotatable bonds is 5. The number of esters is 1. The van der Waals surface area contributed by atoms with Crippen LogP contribution in [0.5, 0.6) is 0 Å². The molecule has 0 amide bonds. The van der Waals surface area contributed by atoms with Gasteiger partial charge < -0.3 is 13.6 Å². The average molecular weight is 320 g/mol. The van der Waals surface area contributed by atoms with Crippen LogP contribution in [0.3, 0.4) is 0 Å². The molecule has 0 fully saturated rings. The molecule has 0 saturated carbocycles. The SMILES string of the molecule is COC(=O)c1cc(CN(C)Cc2ncc(C(C)(C)C)o2)oc1C. The van der Waals surface area contributed by atoms with Crippen molar-refractivity contribution in [1.29, 1.82) is 0 Å². The summed E-state index contributed by atoms with van der Waals surface area (Å²) in [5, 5.41) is 0. The van der Waals surface area contributed by atoms with Crippen LogP contribution in [0, 0.1) is 6.92 Å². The van der Waals surface area contributed by atoms with E-state index < -0.39 is 0 Å². The van der Waals surface area contributed by atoms with Gasteiger partial charge in [0.2, 0.25) is 5.89 Å². The van der Waals surface area contributed by atoms with Gasteiger partial charge in [0, 0.05) is 5.41 Å². The van der Waals surface area contributed by atoms with Crippen molar-refractivity contribution in [3.8, 4) is 0 Å². The number of nitrogens with zero attached hydrogens (tertiary/aromatic N) is 2. The monoisotopic (exact) mass is 320 g/mol. The molecular formula is C17H24N2O4. The molecular weight excluding hydrogens is 296 g/mol. The second kappa shape index (κ2) is 6.58. The zero-order valence-electron chi connectivity index (χ0n) is 14.6. The smallest absolute Gasteiger partial charge is 0.341 e. The molecule has 0 aromatic carbocycles. The lowest BCUT2D eigenvalue weighted by molar-refractivity contribution is 0.0599. The van der Waals surface area contributed by atoms with E-state index in [0.717, 1.165) is 5.76 Å². The Morgan fingerprint density at radius 1 is 1.30 bits per heavy atom. The predicted molar refractivity (Wildman–Crippen MR) is 85.2 cm³/mol. The summed E-state index contributed by atoms with van der Waals surface area (Å²) < 4.78 is 16.1. The number of methoxy groups -OCH3 is 1. The fourth-order valence-corrected chi connectivity index (χ4v) is 2.22. The molecule has 6 heteroatoms. The fraction of sp³-hybridized carbons (Fsp3) is 0.529. The van der Waals surface area contributed by atoms with Crippen molar-refractivity contribution < 1.29 is 18.4 Å². The van der Waals surface area contributed by atoms with Gasteiger partial charge in [-0.25, -0.2) is 9.78 Å². The molecule has 0 saturated heterocycles. The lowest BCUT2D eigenvalue weighted by Gasteiger charge is -2.14. The van der Waals surface area contributed by atoms with E-state index in [1.54, 1.807) is 19.2 Å². The second-order valence-electron chi connectivity index (χ2n) is 6.71. The molecule has 126 valence electrons. The van der Waals surface area contributed by atoms with Crippen molar-refractivity contribution in [1.82, 2.24) is 9.88 Å². The van der Waals surface area contributed by atoms with Crippen LogP contribution in [-0.4, -0.2) is 30.0 Å². The minimum atomic E-state index is -0.386. The van der Waals surface area contributed by atoms with Crippen LogP contribution in [0.4, 0.5) is 0 Å². The van der Waals surface area contributed by atoms with E-state index in [4.69, 9.17) is 13.6 Å². The van der Waals surface area contributed by atoms with E-state index in [0.29, 0.717) is 36.1 Å². The minimum Gasteiger partial charge on any atom is -0.465 e. The molecule has 0 bridgehead atoms. The average Bonchev–Trinajstić information content (AvgIpc) is 3.04. The first-order chi connectivity index (χ1) is 10.7. The summed E-state index contributed by atoms with van der Waals surface area (Å²) in [5.41, 5.74) is 0.402. The van der Waals surface area contributed by atoms with Gasteiger partial charge in [-0.2, -0.15) is 0 Å². The molecule has 6 nitrogen and oxygen atoms in total. The van der Waals surface area contributed by atoms with Gasteiger partial charge in [0.1, 0.15) is 22.8 Å². The molecule has 0 aliphatic rings. The van der Waals surface area contributed by atoms with Gasteiger partial charge in [0.05, 0.1) is 26.4 Å². The molecule has 0 aliphatic heterocycles. The van der Waals surface area contributed by atoms with Crippen LogP contribution >= 0.6 is 0 Å². The van der Waals surface area contributed by atoms with E-state index in [1.807, 2.05) is 11.9 Å². The highest BCUT2D eigenvalue weighted by Gasteiger charge is 2.20. The molecule has 2 aromatic heterocycles. The molecule has 2 rings (SSSR count). The normalized spacial score (nSPS) is 12.0. The highest BCUT2D eigenvalue weighted by Crippen LogP contribution is 2.23. The van der Waals surface area contributed by atoms with E-state index in [1.165, 1.54) is 7.11 Å². The summed E-state index contributed by atoms with van der Waals surface area (Å²) in [6.07, 6.45) is 1.77. The highest BCUT2D eigenvalue weighted by molar-refractivity contribution is 5.90. The standard InChI is InChI=1S/C17H24N2O4/c1-11-13(16(20)21-6)7-12(22-11)9-19(5)10-15-18-8-14(23-15)17(2,3)4/h7-8H,9-10H2,1-6H3. The van der Waals surface area contributed by atoms with Crippen molar-refractivity contribution in [2.75, 3.05) is 14.2 Å². The number of aryl methyl sites for hydroxylation is 1. The zero-order chi connectivity index (χ0) is 17.2. The van der Waals surface area contributed by atoms with E-state index in [9.17, 15) is 4.79 Å². The van der Waals surface area contributed by atoms with Crippen LogP contribution in [0.15, 0.2) is 21.1 Å². The van der Waals surface area contributed by atoms with Crippen molar-refractivity contribution >= 4 is 5.97 Å². The first-order valence-electron chi connectivity index (χ1n) is 7.52. The van der Waals surface area contributed by atoms with Crippen molar-refractivity contribution in [3.05, 3.63) is 41.0 Å². The van der Waals surface area contributed by atoms with Crippen LogP contribution in [0.25, 0.3) is 0 Å². The number of hydrogen-bond donors (Lipinski definition) is 0. The first kappa shape index (κ1) is 17.3. The summed E-state index contributed by atoms with van der Waals surface area (Å²) in [7, 11) is 3.30. The summed E-state index contributed by atoms with van der Waals surface area (Å²) >= 11 is 0. The van der Waals surface area contributed by atoms with Gasteiger partial charge >= 0.3 is 5.97 Å².